The molecule has 12 atom stereocenters. The zero-order chi connectivity index (χ0) is 28.6. The summed E-state index contributed by atoms with van der Waals surface area (Å²) < 4.78 is 0. The predicted octanol–water partition coefficient (Wildman–Crippen LogP) is 6.05. The number of hydrogen-bond acceptors (Lipinski definition) is 5. The Labute approximate surface area is 244 Å². The van der Waals surface area contributed by atoms with Gasteiger partial charge in [0, 0.05) is 0 Å². The van der Waals surface area contributed by atoms with Crippen LogP contribution in [-0.2, 0) is 12.8 Å². The van der Waals surface area contributed by atoms with E-state index in [1.165, 1.54) is 35.1 Å². The molecule has 4 fully saturated rings. The van der Waals surface area contributed by atoms with Crippen LogP contribution in [-0.4, -0.2) is 43.3 Å². The van der Waals surface area contributed by atoms with E-state index in [0.717, 1.165) is 57.3 Å². The third kappa shape index (κ3) is 4.62. The summed E-state index contributed by atoms with van der Waals surface area (Å²) in [6.07, 6.45) is 9.62. The van der Waals surface area contributed by atoms with Crippen molar-refractivity contribution in [1.82, 2.24) is 0 Å². The molecule has 5 heteroatoms. The first kappa shape index (κ1) is 27.7. The lowest BCUT2D eigenvalue weighted by atomic mass is 9.56. The van der Waals surface area contributed by atoms with Gasteiger partial charge in [0.1, 0.15) is 11.5 Å². The van der Waals surface area contributed by atoms with E-state index in [-0.39, 0.29) is 0 Å². The maximum atomic E-state index is 10.7. The highest BCUT2D eigenvalue weighted by Crippen LogP contribution is 2.60. The van der Waals surface area contributed by atoms with Crippen molar-refractivity contribution < 1.29 is 25.5 Å². The van der Waals surface area contributed by atoms with Gasteiger partial charge in [-0.3, -0.25) is 0 Å². The summed E-state index contributed by atoms with van der Waals surface area (Å²) in [5, 5.41) is 50.2. The molecule has 0 saturated heterocycles. The number of phenolic OH excluding ortho intramolecular Hbond substituents is 2. The summed E-state index contributed by atoms with van der Waals surface area (Å²) in [5.41, 5.74) is 5.07. The highest BCUT2D eigenvalue weighted by atomic mass is 16.3. The summed E-state index contributed by atoms with van der Waals surface area (Å²) in [6, 6.07) is 11.8. The third-order valence-corrected chi connectivity index (χ3v) is 12.8. The van der Waals surface area contributed by atoms with Gasteiger partial charge in [-0.25, -0.2) is 0 Å². The normalized spacial score (nSPS) is 43.8. The van der Waals surface area contributed by atoms with Gasteiger partial charge < -0.3 is 25.5 Å². The van der Waals surface area contributed by atoms with Gasteiger partial charge >= 0.3 is 0 Å². The lowest BCUT2D eigenvalue weighted by Gasteiger charge is -2.49. The van der Waals surface area contributed by atoms with Crippen molar-refractivity contribution in [1.29, 1.82) is 0 Å². The molecule has 0 heterocycles. The minimum Gasteiger partial charge on any atom is -0.508 e. The zero-order valence-corrected chi connectivity index (χ0v) is 24.6. The van der Waals surface area contributed by atoms with Gasteiger partial charge in [0.15, 0.2) is 0 Å². The van der Waals surface area contributed by atoms with E-state index in [0.29, 0.717) is 58.8 Å². The SMILES string of the molecule is C[C@H]1C[C@H]2[C@@H](CC[C@@]2(C)O)[C@@H]2CCc3cc(O)ccc3[C@H]21.Oc1ccc2c(c1)CC[C@H]1[C@@H]3C[C@@H](O)[C@H](O)[C@H]3CC[C@H]21. The van der Waals surface area contributed by atoms with E-state index in [1.54, 1.807) is 6.07 Å². The van der Waals surface area contributed by atoms with Crippen LogP contribution in [0.15, 0.2) is 36.4 Å². The van der Waals surface area contributed by atoms with Crippen LogP contribution in [0.25, 0.3) is 0 Å². The summed E-state index contributed by atoms with van der Waals surface area (Å²) in [6.45, 7) is 4.42. The molecule has 6 aliphatic rings. The van der Waals surface area contributed by atoms with E-state index in [9.17, 15) is 25.5 Å². The van der Waals surface area contributed by atoms with E-state index in [2.05, 4.69) is 26.0 Å². The van der Waals surface area contributed by atoms with Gasteiger partial charge in [-0.1, -0.05) is 19.1 Å². The van der Waals surface area contributed by atoms with Crippen LogP contribution in [0.5, 0.6) is 11.5 Å². The second kappa shape index (κ2) is 10.3. The van der Waals surface area contributed by atoms with Crippen molar-refractivity contribution in [3.8, 4) is 11.5 Å². The number of aryl methyl sites for hydroxylation is 2. The topological polar surface area (TPSA) is 101 Å². The Morgan fingerprint density at radius 1 is 0.707 bits per heavy atom. The molecule has 5 N–H and O–H groups in total. The lowest BCUT2D eigenvalue weighted by Crippen LogP contribution is -2.44. The van der Waals surface area contributed by atoms with Gasteiger partial charge in [0.25, 0.3) is 0 Å². The third-order valence-electron chi connectivity index (χ3n) is 12.8. The molecule has 0 spiro atoms. The fourth-order valence-electron chi connectivity index (χ4n) is 11.1. The largest absolute Gasteiger partial charge is 0.508 e. The fraction of sp³-hybridized carbons (Fsp3) is 0.667. The van der Waals surface area contributed by atoms with Gasteiger partial charge in [-0.2, -0.15) is 0 Å². The first-order valence-electron chi connectivity index (χ1n) is 16.3. The van der Waals surface area contributed by atoms with Crippen LogP contribution in [0.1, 0.15) is 99.3 Å². The van der Waals surface area contributed by atoms with E-state index in [4.69, 9.17) is 0 Å². The number of aliphatic hydroxyl groups is 3. The van der Waals surface area contributed by atoms with Crippen LogP contribution in [0.2, 0.25) is 0 Å². The van der Waals surface area contributed by atoms with Crippen LogP contribution in [0, 0.1) is 41.4 Å². The molecule has 2 aromatic rings. The molecule has 0 aliphatic heterocycles. The first-order chi connectivity index (χ1) is 19.6. The molecule has 0 amide bonds. The molecule has 2 aromatic carbocycles. The number of rotatable bonds is 0. The molecule has 4 saturated carbocycles. The van der Waals surface area contributed by atoms with Crippen LogP contribution >= 0.6 is 0 Å². The number of fused-ring (bicyclic) bond motifs is 10. The second-order valence-corrected chi connectivity index (χ2v) is 14.9. The minimum absolute atomic E-state index is 0.296. The first-order valence-corrected chi connectivity index (χ1v) is 16.3. The number of benzene rings is 2. The molecule has 0 unspecified atom stereocenters. The monoisotopic (exact) mass is 560 g/mol. The molecule has 41 heavy (non-hydrogen) atoms. The molecule has 6 aliphatic carbocycles. The Kier molecular flexibility index (Phi) is 6.95. The quantitative estimate of drug-likeness (QED) is 0.270. The Hall–Kier alpha value is -2.08. The predicted molar refractivity (Wildman–Crippen MR) is 159 cm³/mol. The molecule has 0 aromatic heterocycles. The van der Waals surface area contributed by atoms with E-state index >= 15 is 0 Å². The van der Waals surface area contributed by atoms with Crippen LogP contribution < -0.4 is 0 Å². The standard InChI is InChI=1S/C19H26O2.C17H22O3/c1-11-9-17-15(7-8-19(17,2)21)16-5-3-12-10-13(20)4-6-14(12)18(11)16;18-10-2-4-11-9(7-10)1-3-13-12(11)5-6-14-15(13)8-16(19)17(14)20/h4,6,10-11,15-18,20-21H,3,5,7-9H2,1-2H3;2,4,7,12-20H,1,3,5-6,8H2/t11-,15-,16-,17-,18+,19+;12-,13-,14+,15+,16-,17-/m01/s1. The van der Waals surface area contributed by atoms with Gasteiger partial charge in [-0.05, 0) is 171 Å². The van der Waals surface area contributed by atoms with Crippen molar-refractivity contribution in [2.75, 3.05) is 0 Å². The summed E-state index contributed by atoms with van der Waals surface area (Å²) in [4.78, 5) is 0. The maximum absolute atomic E-state index is 10.7. The molecule has 0 radical (unpaired) electrons. The Morgan fingerprint density at radius 3 is 2.10 bits per heavy atom. The Balaban J connectivity index is 0.000000135. The molecule has 0 bridgehead atoms. The highest BCUT2D eigenvalue weighted by Gasteiger charge is 2.54. The van der Waals surface area contributed by atoms with Crippen molar-refractivity contribution in [3.63, 3.8) is 0 Å². The molecule has 222 valence electrons. The highest BCUT2D eigenvalue weighted by molar-refractivity contribution is 5.41. The second-order valence-electron chi connectivity index (χ2n) is 14.9. The van der Waals surface area contributed by atoms with Crippen molar-refractivity contribution in [2.24, 2.45) is 41.4 Å². The molecule has 5 nitrogen and oxygen atoms in total. The number of aliphatic hydroxyl groups excluding tert-OH is 2. The molecular formula is C36H48O5. The fourth-order valence-corrected chi connectivity index (χ4v) is 11.1. The Morgan fingerprint density at radius 2 is 1.37 bits per heavy atom. The summed E-state index contributed by atoms with van der Waals surface area (Å²) in [5.74, 6) is 5.86. The molecule has 8 rings (SSSR count). The average Bonchev–Trinajstić information content (AvgIpc) is 3.42. The Bertz CT molecular complexity index is 1290. The van der Waals surface area contributed by atoms with Crippen LogP contribution in [0.4, 0.5) is 0 Å². The summed E-state index contributed by atoms with van der Waals surface area (Å²) >= 11 is 0. The van der Waals surface area contributed by atoms with Crippen LogP contribution in [0.3, 0.4) is 0 Å². The van der Waals surface area contributed by atoms with Crippen molar-refractivity contribution >= 4 is 0 Å². The molecular weight excluding hydrogens is 512 g/mol. The van der Waals surface area contributed by atoms with Gasteiger partial charge in [0.2, 0.25) is 0 Å². The summed E-state index contributed by atoms with van der Waals surface area (Å²) in [7, 11) is 0. The van der Waals surface area contributed by atoms with Gasteiger partial charge in [-0.15, -0.1) is 0 Å². The minimum atomic E-state index is -0.523. The lowest BCUT2D eigenvalue weighted by molar-refractivity contribution is -0.0347. The van der Waals surface area contributed by atoms with Gasteiger partial charge in [0.05, 0.1) is 17.8 Å². The maximum Gasteiger partial charge on any atom is 0.115 e. The average molecular weight is 561 g/mol. The zero-order valence-electron chi connectivity index (χ0n) is 24.6. The van der Waals surface area contributed by atoms with Crippen molar-refractivity contribution in [2.45, 2.75) is 108 Å². The number of hydrogen-bond donors (Lipinski definition) is 5. The van der Waals surface area contributed by atoms with Crippen molar-refractivity contribution in [3.05, 3.63) is 58.7 Å². The van der Waals surface area contributed by atoms with E-state index < -0.39 is 17.8 Å². The number of aromatic hydroxyl groups is 2. The smallest absolute Gasteiger partial charge is 0.115 e. The van der Waals surface area contributed by atoms with E-state index in [1.807, 2.05) is 18.2 Å². The number of phenols is 2.